The molecular formula is C12H21NaO4. The van der Waals surface area contributed by atoms with Crippen molar-refractivity contribution in [1.29, 1.82) is 0 Å². The predicted molar refractivity (Wildman–Crippen MR) is 58.6 cm³/mol. The van der Waals surface area contributed by atoms with Crippen LogP contribution in [0.15, 0.2) is 0 Å². The summed E-state index contributed by atoms with van der Waals surface area (Å²) in [5.74, 6) is -1.66. The molecule has 0 spiro atoms. The molecule has 94 valence electrons. The number of carbonyl (C=O) groups excluding carboxylic acids is 2. The van der Waals surface area contributed by atoms with Gasteiger partial charge in [-0.25, -0.2) is 0 Å². The molecule has 0 saturated heterocycles. The summed E-state index contributed by atoms with van der Waals surface area (Å²) in [5.41, 5.74) is 0. The van der Waals surface area contributed by atoms with E-state index in [-0.39, 0.29) is 42.4 Å². The van der Waals surface area contributed by atoms with Crippen LogP contribution in [-0.4, -0.2) is 18.5 Å². The van der Waals surface area contributed by atoms with E-state index in [1.807, 2.05) is 0 Å². The molecule has 0 aromatic rings. The Morgan fingerprint density at radius 1 is 1.00 bits per heavy atom. The van der Waals surface area contributed by atoms with E-state index in [4.69, 9.17) is 4.74 Å². The van der Waals surface area contributed by atoms with E-state index < -0.39 is 11.9 Å². The van der Waals surface area contributed by atoms with E-state index in [0.717, 1.165) is 12.8 Å². The molecule has 17 heavy (non-hydrogen) atoms. The van der Waals surface area contributed by atoms with Gasteiger partial charge in [0.15, 0.2) is 0 Å². The molecule has 0 saturated carbocycles. The number of esters is 1. The van der Waals surface area contributed by atoms with Gasteiger partial charge in [-0.05, 0) is 12.8 Å². The van der Waals surface area contributed by atoms with Gasteiger partial charge in [0.05, 0.1) is 13.0 Å². The maximum atomic E-state index is 11.0. The molecule has 0 heterocycles. The topological polar surface area (TPSA) is 66.4 Å². The number of aliphatic carboxylic acids is 1. The van der Waals surface area contributed by atoms with E-state index in [1.165, 1.54) is 25.7 Å². The summed E-state index contributed by atoms with van der Waals surface area (Å²) < 4.78 is 4.87. The molecule has 0 amide bonds. The maximum Gasteiger partial charge on any atom is 1.00 e. The third-order valence-electron chi connectivity index (χ3n) is 2.29. The first kappa shape index (κ1) is 19.3. The number of hydrogen-bond donors (Lipinski definition) is 0. The zero-order valence-electron chi connectivity index (χ0n) is 11.0. The van der Waals surface area contributed by atoms with Crippen LogP contribution in [0.3, 0.4) is 0 Å². The van der Waals surface area contributed by atoms with Crippen LogP contribution in [0.25, 0.3) is 0 Å². The van der Waals surface area contributed by atoms with Crippen molar-refractivity contribution in [2.45, 2.75) is 58.3 Å². The average molecular weight is 252 g/mol. The van der Waals surface area contributed by atoms with Crippen LogP contribution in [0.1, 0.15) is 58.3 Å². The number of hydrogen-bond acceptors (Lipinski definition) is 4. The summed E-state index contributed by atoms with van der Waals surface area (Å²) in [5, 5.41) is 10.1. The molecule has 0 unspecified atom stereocenters. The molecule has 0 fully saturated rings. The molecule has 0 N–H and O–H groups in total. The molecule has 4 nitrogen and oxygen atoms in total. The Morgan fingerprint density at radius 2 is 1.59 bits per heavy atom. The minimum Gasteiger partial charge on any atom is -0.550 e. The van der Waals surface area contributed by atoms with Crippen molar-refractivity contribution in [1.82, 2.24) is 0 Å². The number of rotatable bonds is 10. The van der Waals surface area contributed by atoms with Crippen LogP contribution in [0.5, 0.6) is 0 Å². The van der Waals surface area contributed by atoms with Gasteiger partial charge >= 0.3 is 35.5 Å². The fourth-order valence-electron chi connectivity index (χ4n) is 1.34. The fourth-order valence-corrected chi connectivity index (χ4v) is 1.34. The summed E-state index contributed by atoms with van der Waals surface area (Å²) in [6.07, 6.45) is 6.46. The van der Waals surface area contributed by atoms with E-state index in [0.29, 0.717) is 6.61 Å². The summed E-state index contributed by atoms with van der Waals surface area (Å²) in [6, 6.07) is 0. The molecule has 0 radical (unpaired) electrons. The Bertz CT molecular complexity index is 207. The Balaban J connectivity index is 0. The predicted octanol–water partition coefficient (Wildman–Crippen LogP) is -1.58. The van der Waals surface area contributed by atoms with Crippen molar-refractivity contribution >= 4 is 11.9 Å². The van der Waals surface area contributed by atoms with Crippen molar-refractivity contribution in [2.24, 2.45) is 0 Å². The van der Waals surface area contributed by atoms with Gasteiger partial charge in [0.25, 0.3) is 0 Å². The summed E-state index contributed by atoms with van der Waals surface area (Å²) >= 11 is 0. The number of ether oxygens (including phenoxy) is 1. The Labute approximate surface area is 125 Å². The normalized spacial score (nSPS) is 9.47. The average Bonchev–Trinajstić information content (AvgIpc) is 2.25. The summed E-state index contributed by atoms with van der Waals surface area (Å²) in [4.78, 5) is 21.0. The minimum absolute atomic E-state index is 0. The Kier molecular flexibility index (Phi) is 15.9. The Morgan fingerprint density at radius 3 is 2.18 bits per heavy atom. The molecule has 0 aliphatic rings. The second kappa shape index (κ2) is 14.0. The first-order valence-electron chi connectivity index (χ1n) is 6.02. The zero-order valence-corrected chi connectivity index (χ0v) is 13.0. The van der Waals surface area contributed by atoms with Crippen LogP contribution >= 0.6 is 0 Å². The van der Waals surface area contributed by atoms with Crippen LogP contribution in [0.4, 0.5) is 0 Å². The molecule has 0 rings (SSSR count). The van der Waals surface area contributed by atoms with E-state index >= 15 is 0 Å². The van der Waals surface area contributed by atoms with Gasteiger partial charge in [-0.2, -0.15) is 0 Å². The summed E-state index contributed by atoms with van der Waals surface area (Å²) in [6.45, 7) is 2.57. The third-order valence-corrected chi connectivity index (χ3v) is 2.29. The first-order chi connectivity index (χ1) is 7.66. The standard InChI is InChI=1S/C12H22O4.Na/c1-2-3-4-5-6-7-10-16-12(15)9-8-11(13)14;/h2-10H2,1H3,(H,13,14);/q;+1/p-1. The fraction of sp³-hybridized carbons (Fsp3) is 0.833. The number of carbonyl (C=O) groups is 2. The SMILES string of the molecule is CCCCCCCCOC(=O)CCC(=O)[O-].[Na+]. The van der Waals surface area contributed by atoms with Crippen LogP contribution in [0.2, 0.25) is 0 Å². The number of carboxylic acids is 1. The molecule has 0 aromatic carbocycles. The van der Waals surface area contributed by atoms with E-state index in [9.17, 15) is 14.7 Å². The number of unbranched alkanes of at least 4 members (excludes halogenated alkanes) is 5. The van der Waals surface area contributed by atoms with Gasteiger partial charge in [-0.1, -0.05) is 39.0 Å². The minimum atomic E-state index is -1.21. The zero-order chi connectivity index (χ0) is 12.2. The van der Waals surface area contributed by atoms with E-state index in [2.05, 4.69) is 6.92 Å². The van der Waals surface area contributed by atoms with Crippen molar-refractivity contribution in [2.75, 3.05) is 6.61 Å². The second-order valence-electron chi connectivity index (χ2n) is 3.86. The van der Waals surface area contributed by atoms with Crippen LogP contribution < -0.4 is 34.7 Å². The maximum absolute atomic E-state index is 11.0. The molecule has 0 bridgehead atoms. The second-order valence-corrected chi connectivity index (χ2v) is 3.86. The monoisotopic (exact) mass is 252 g/mol. The Hall–Kier alpha value is -0.0600. The quantitative estimate of drug-likeness (QED) is 0.267. The largest absolute Gasteiger partial charge is 1.00 e. The molecule has 0 aromatic heterocycles. The first-order valence-corrected chi connectivity index (χ1v) is 6.02. The van der Waals surface area contributed by atoms with Crippen LogP contribution in [0, 0.1) is 0 Å². The van der Waals surface area contributed by atoms with Crippen LogP contribution in [-0.2, 0) is 14.3 Å². The van der Waals surface area contributed by atoms with E-state index in [1.54, 1.807) is 0 Å². The molecule has 0 aliphatic heterocycles. The van der Waals surface area contributed by atoms with Crippen molar-refractivity contribution in [3.8, 4) is 0 Å². The van der Waals surface area contributed by atoms with Crippen molar-refractivity contribution in [3.05, 3.63) is 0 Å². The molecule has 5 heteroatoms. The molecule has 0 atom stereocenters. The van der Waals surface area contributed by atoms with Crippen molar-refractivity contribution in [3.63, 3.8) is 0 Å². The number of carboxylic acid groups (broad SMARTS) is 1. The van der Waals surface area contributed by atoms with Gasteiger partial charge < -0.3 is 14.6 Å². The smallest absolute Gasteiger partial charge is 0.550 e. The molecular weight excluding hydrogens is 231 g/mol. The van der Waals surface area contributed by atoms with Gasteiger partial charge in [0.1, 0.15) is 0 Å². The third kappa shape index (κ3) is 15.9. The van der Waals surface area contributed by atoms with Gasteiger partial charge in [0, 0.05) is 5.97 Å². The van der Waals surface area contributed by atoms with Gasteiger partial charge in [0.2, 0.25) is 0 Å². The van der Waals surface area contributed by atoms with Gasteiger partial charge in [-0.3, -0.25) is 4.79 Å². The molecule has 0 aliphatic carbocycles. The summed E-state index contributed by atoms with van der Waals surface area (Å²) in [7, 11) is 0. The van der Waals surface area contributed by atoms with Gasteiger partial charge in [-0.15, -0.1) is 0 Å². The van der Waals surface area contributed by atoms with Crippen molar-refractivity contribution < 1.29 is 49.0 Å².